The molecule has 0 saturated carbocycles. The Bertz CT molecular complexity index is 611. The van der Waals surface area contributed by atoms with E-state index >= 15 is 0 Å². The molecule has 0 fully saturated rings. The molecule has 0 aliphatic heterocycles. The molecule has 0 radical (unpaired) electrons. The van der Waals surface area contributed by atoms with Crippen molar-refractivity contribution >= 4 is 11.7 Å². The first-order valence-corrected chi connectivity index (χ1v) is 5.99. The molecule has 0 saturated heterocycles. The zero-order valence-corrected chi connectivity index (χ0v) is 10.9. The molecule has 98 valence electrons. The fourth-order valence-corrected chi connectivity index (χ4v) is 1.77. The van der Waals surface area contributed by atoms with Crippen LogP contribution in [-0.2, 0) is 4.74 Å². The predicted molar refractivity (Wildman–Crippen MR) is 72.6 cm³/mol. The molecule has 1 aromatic carbocycles. The maximum atomic E-state index is 12.0. The maximum Gasteiger partial charge on any atom is 0.340 e. The van der Waals surface area contributed by atoms with Crippen LogP contribution in [0.3, 0.4) is 0 Å². The molecule has 1 aromatic heterocycles. The van der Waals surface area contributed by atoms with Crippen molar-refractivity contribution < 1.29 is 9.53 Å². The average molecular weight is 257 g/mol. The summed E-state index contributed by atoms with van der Waals surface area (Å²) in [5.41, 5.74) is 7.96. The number of nitrogen functional groups attached to an aromatic ring is 1. The lowest BCUT2D eigenvalue weighted by Gasteiger charge is -2.10. The largest absolute Gasteiger partial charge is 0.462 e. The van der Waals surface area contributed by atoms with Gasteiger partial charge in [0.1, 0.15) is 0 Å². The summed E-state index contributed by atoms with van der Waals surface area (Å²) in [7, 11) is 0. The molecule has 2 N–H and O–H groups in total. The number of nitrogens with two attached hydrogens (primary N) is 1. The standard InChI is InChI=1S/C14H15N3O2/c1-3-19-14(18)12-10(5-4-6-11(12)15)13-16-8-7-9(2)17-13/h4-8H,3,15H2,1-2H3. The lowest BCUT2D eigenvalue weighted by Crippen LogP contribution is -2.10. The van der Waals surface area contributed by atoms with E-state index < -0.39 is 5.97 Å². The molecule has 0 atom stereocenters. The van der Waals surface area contributed by atoms with Crippen molar-refractivity contribution in [1.29, 1.82) is 0 Å². The van der Waals surface area contributed by atoms with E-state index in [4.69, 9.17) is 10.5 Å². The highest BCUT2D eigenvalue weighted by Crippen LogP contribution is 2.26. The Morgan fingerprint density at radius 2 is 2.16 bits per heavy atom. The number of hydrogen-bond acceptors (Lipinski definition) is 5. The molecule has 1 heterocycles. The topological polar surface area (TPSA) is 78.1 Å². The smallest absolute Gasteiger partial charge is 0.340 e. The van der Waals surface area contributed by atoms with Crippen LogP contribution < -0.4 is 5.73 Å². The van der Waals surface area contributed by atoms with Gasteiger partial charge in [-0.1, -0.05) is 12.1 Å². The van der Waals surface area contributed by atoms with Gasteiger partial charge in [-0.25, -0.2) is 14.8 Å². The summed E-state index contributed by atoms with van der Waals surface area (Å²) in [6, 6.07) is 6.97. The van der Waals surface area contributed by atoms with Crippen LogP contribution in [-0.4, -0.2) is 22.5 Å². The second kappa shape index (κ2) is 5.48. The number of carbonyl (C=O) groups is 1. The average Bonchev–Trinajstić information content (AvgIpc) is 2.38. The highest BCUT2D eigenvalue weighted by molar-refractivity contribution is 6.01. The van der Waals surface area contributed by atoms with Gasteiger partial charge in [0.2, 0.25) is 0 Å². The zero-order chi connectivity index (χ0) is 13.8. The molecular formula is C14H15N3O2. The van der Waals surface area contributed by atoms with Crippen molar-refractivity contribution in [2.45, 2.75) is 13.8 Å². The van der Waals surface area contributed by atoms with Gasteiger partial charge in [0.25, 0.3) is 0 Å². The molecular weight excluding hydrogens is 242 g/mol. The second-order valence-corrected chi connectivity index (χ2v) is 4.01. The van der Waals surface area contributed by atoms with E-state index in [1.807, 2.05) is 6.92 Å². The van der Waals surface area contributed by atoms with Crippen molar-refractivity contribution in [3.05, 3.63) is 41.7 Å². The van der Waals surface area contributed by atoms with Crippen LogP contribution in [0.25, 0.3) is 11.4 Å². The van der Waals surface area contributed by atoms with Crippen molar-refractivity contribution in [3.8, 4) is 11.4 Å². The minimum absolute atomic E-state index is 0.293. The minimum Gasteiger partial charge on any atom is -0.462 e. The van der Waals surface area contributed by atoms with E-state index in [1.165, 1.54) is 0 Å². The highest BCUT2D eigenvalue weighted by Gasteiger charge is 2.18. The number of aromatic nitrogens is 2. The number of hydrogen-bond donors (Lipinski definition) is 1. The van der Waals surface area contributed by atoms with Gasteiger partial charge < -0.3 is 10.5 Å². The molecule has 2 aromatic rings. The molecule has 0 aliphatic rings. The third kappa shape index (κ3) is 2.70. The molecule has 5 nitrogen and oxygen atoms in total. The van der Waals surface area contributed by atoms with Crippen LogP contribution in [0.15, 0.2) is 30.5 Å². The number of carbonyl (C=O) groups excluding carboxylic acids is 1. The number of benzene rings is 1. The summed E-state index contributed by atoms with van der Waals surface area (Å²) in [6.07, 6.45) is 1.65. The Hall–Kier alpha value is -2.43. The molecule has 0 unspecified atom stereocenters. The van der Waals surface area contributed by atoms with Gasteiger partial charge in [0.05, 0.1) is 12.2 Å². The monoisotopic (exact) mass is 257 g/mol. The second-order valence-electron chi connectivity index (χ2n) is 4.01. The van der Waals surface area contributed by atoms with Gasteiger partial charge in [-0.2, -0.15) is 0 Å². The summed E-state index contributed by atoms with van der Waals surface area (Å²) in [6.45, 7) is 3.91. The molecule has 19 heavy (non-hydrogen) atoms. The van der Waals surface area contributed by atoms with Crippen molar-refractivity contribution in [2.75, 3.05) is 12.3 Å². The van der Waals surface area contributed by atoms with Crippen molar-refractivity contribution in [3.63, 3.8) is 0 Å². The van der Waals surface area contributed by atoms with Gasteiger partial charge in [0.15, 0.2) is 5.82 Å². The predicted octanol–water partition coefficient (Wildman–Crippen LogP) is 2.21. The van der Waals surface area contributed by atoms with E-state index in [0.717, 1.165) is 5.69 Å². The zero-order valence-electron chi connectivity index (χ0n) is 10.9. The quantitative estimate of drug-likeness (QED) is 0.673. The van der Waals surface area contributed by atoms with Crippen molar-refractivity contribution in [2.24, 2.45) is 0 Å². The summed E-state index contributed by atoms with van der Waals surface area (Å²) in [4.78, 5) is 20.5. The van der Waals surface area contributed by atoms with Gasteiger partial charge in [-0.15, -0.1) is 0 Å². The third-order valence-electron chi connectivity index (χ3n) is 2.61. The Kier molecular flexibility index (Phi) is 3.75. The summed E-state index contributed by atoms with van der Waals surface area (Å²) in [5, 5.41) is 0. The minimum atomic E-state index is -0.458. The molecule has 0 amide bonds. The van der Waals surface area contributed by atoms with E-state index in [9.17, 15) is 4.79 Å². The van der Waals surface area contributed by atoms with Crippen LogP contribution in [0.2, 0.25) is 0 Å². The van der Waals surface area contributed by atoms with Crippen LogP contribution in [0, 0.1) is 6.92 Å². The number of rotatable bonds is 3. The first-order chi connectivity index (χ1) is 9.13. The fourth-order valence-electron chi connectivity index (χ4n) is 1.77. The lowest BCUT2D eigenvalue weighted by molar-refractivity contribution is 0.0528. The van der Waals surface area contributed by atoms with Crippen molar-refractivity contribution in [1.82, 2.24) is 9.97 Å². The van der Waals surface area contributed by atoms with Crippen LogP contribution in [0.1, 0.15) is 23.0 Å². The Balaban J connectivity index is 2.57. The summed E-state index contributed by atoms with van der Waals surface area (Å²) < 4.78 is 5.03. The fraction of sp³-hybridized carbons (Fsp3) is 0.214. The Morgan fingerprint density at radius 1 is 1.37 bits per heavy atom. The molecule has 2 rings (SSSR count). The van der Waals surface area contributed by atoms with Gasteiger partial charge in [-0.05, 0) is 26.0 Å². The van der Waals surface area contributed by atoms with Gasteiger partial charge >= 0.3 is 5.97 Å². The normalized spacial score (nSPS) is 10.2. The van der Waals surface area contributed by atoms with Crippen LogP contribution >= 0.6 is 0 Å². The number of nitrogens with zero attached hydrogens (tertiary/aromatic N) is 2. The third-order valence-corrected chi connectivity index (χ3v) is 2.61. The Labute approximate surface area is 111 Å². The van der Waals surface area contributed by atoms with E-state index in [-0.39, 0.29) is 0 Å². The molecule has 0 aliphatic carbocycles. The lowest BCUT2D eigenvalue weighted by atomic mass is 10.0. The molecule has 5 heteroatoms. The first kappa shape index (κ1) is 13.0. The molecule has 0 bridgehead atoms. The van der Waals surface area contributed by atoms with E-state index in [1.54, 1.807) is 37.4 Å². The number of esters is 1. The first-order valence-electron chi connectivity index (χ1n) is 5.99. The van der Waals surface area contributed by atoms with Crippen LogP contribution in [0.5, 0.6) is 0 Å². The van der Waals surface area contributed by atoms with E-state index in [2.05, 4.69) is 9.97 Å². The van der Waals surface area contributed by atoms with Gasteiger partial charge in [-0.3, -0.25) is 0 Å². The van der Waals surface area contributed by atoms with Crippen LogP contribution in [0.4, 0.5) is 5.69 Å². The highest BCUT2D eigenvalue weighted by atomic mass is 16.5. The SMILES string of the molecule is CCOC(=O)c1c(N)cccc1-c1nccc(C)n1. The maximum absolute atomic E-state index is 12.0. The number of aryl methyl sites for hydroxylation is 1. The van der Waals surface area contributed by atoms with E-state index in [0.29, 0.717) is 29.2 Å². The number of anilines is 1. The number of ether oxygens (including phenoxy) is 1. The van der Waals surface area contributed by atoms with Gasteiger partial charge in [0, 0.05) is 23.1 Å². The molecule has 0 spiro atoms. The summed E-state index contributed by atoms with van der Waals surface area (Å²) in [5.74, 6) is 0.0102. The summed E-state index contributed by atoms with van der Waals surface area (Å²) >= 11 is 0. The Morgan fingerprint density at radius 3 is 2.84 bits per heavy atom.